The molecule has 21 heavy (non-hydrogen) atoms. The lowest BCUT2D eigenvalue weighted by Gasteiger charge is -1.96. The number of hydrogen-bond acceptors (Lipinski definition) is 4. The molecule has 4 nitrogen and oxygen atoms in total. The topological polar surface area (TPSA) is 61.8 Å². The number of nitrogens with zero attached hydrogens (tertiary/aromatic N) is 2. The summed E-state index contributed by atoms with van der Waals surface area (Å²) >= 11 is 1.54. The summed E-state index contributed by atoms with van der Waals surface area (Å²) in [5.74, 6) is 0.251. The predicted octanol–water partition coefficient (Wildman–Crippen LogP) is 4.06. The van der Waals surface area contributed by atoms with E-state index in [0.717, 1.165) is 32.0 Å². The lowest BCUT2D eigenvalue weighted by atomic mass is 10.2. The molecule has 0 bridgehead atoms. The van der Waals surface area contributed by atoms with Crippen molar-refractivity contribution in [1.82, 2.24) is 15.2 Å². The average molecular weight is 293 g/mol. The number of fused-ring (bicyclic) bond motifs is 1. The van der Waals surface area contributed by atoms with Gasteiger partial charge in [0.05, 0.1) is 0 Å². The summed E-state index contributed by atoms with van der Waals surface area (Å²) in [5, 5.41) is 20.7. The van der Waals surface area contributed by atoms with Gasteiger partial charge in [0, 0.05) is 28.2 Å². The van der Waals surface area contributed by atoms with E-state index < -0.39 is 0 Å². The fourth-order valence-electron chi connectivity index (χ4n) is 2.25. The molecule has 102 valence electrons. The molecule has 0 atom stereocenters. The van der Waals surface area contributed by atoms with Gasteiger partial charge in [-0.2, -0.15) is 0 Å². The molecule has 0 amide bonds. The summed E-state index contributed by atoms with van der Waals surface area (Å²) in [5.41, 5.74) is 3.13. The third-order valence-electron chi connectivity index (χ3n) is 3.34. The summed E-state index contributed by atoms with van der Waals surface area (Å²) in [6.07, 6.45) is 1.93. The molecule has 2 heterocycles. The Morgan fingerprint density at radius 1 is 0.857 bits per heavy atom. The number of phenolic OH excluding ortho intramolecular Hbond substituents is 1. The number of nitrogens with one attached hydrogen (secondary N) is 1. The molecular formula is C16H11N3OS. The van der Waals surface area contributed by atoms with E-state index in [-0.39, 0.29) is 5.75 Å². The van der Waals surface area contributed by atoms with Crippen LogP contribution in [0.4, 0.5) is 0 Å². The van der Waals surface area contributed by atoms with E-state index in [1.165, 1.54) is 0 Å². The third-order valence-corrected chi connectivity index (χ3v) is 4.36. The van der Waals surface area contributed by atoms with Gasteiger partial charge in [-0.15, -0.1) is 10.2 Å². The molecule has 0 aliphatic carbocycles. The van der Waals surface area contributed by atoms with Crippen LogP contribution in [0.2, 0.25) is 0 Å². The zero-order valence-electron chi connectivity index (χ0n) is 10.9. The number of aromatic hydroxyl groups is 1. The Bertz CT molecular complexity index is 909. The van der Waals surface area contributed by atoms with Crippen molar-refractivity contribution in [2.45, 2.75) is 0 Å². The van der Waals surface area contributed by atoms with Crippen molar-refractivity contribution in [3.63, 3.8) is 0 Å². The first kappa shape index (κ1) is 12.1. The van der Waals surface area contributed by atoms with E-state index in [2.05, 4.69) is 21.2 Å². The first-order chi connectivity index (χ1) is 10.3. The lowest BCUT2D eigenvalue weighted by Crippen LogP contribution is -1.77. The van der Waals surface area contributed by atoms with Crippen molar-refractivity contribution >= 4 is 22.2 Å². The van der Waals surface area contributed by atoms with Crippen molar-refractivity contribution in [3.05, 3.63) is 54.7 Å². The van der Waals surface area contributed by atoms with Crippen molar-refractivity contribution in [2.24, 2.45) is 0 Å². The first-order valence-electron chi connectivity index (χ1n) is 6.50. The molecule has 0 aliphatic rings. The summed E-state index contributed by atoms with van der Waals surface area (Å²) in [6.45, 7) is 0. The van der Waals surface area contributed by atoms with Gasteiger partial charge in [0.25, 0.3) is 0 Å². The maximum atomic E-state index is 9.33. The van der Waals surface area contributed by atoms with Gasteiger partial charge >= 0.3 is 0 Å². The molecule has 0 aliphatic heterocycles. The van der Waals surface area contributed by atoms with Crippen LogP contribution in [0.5, 0.6) is 5.75 Å². The monoisotopic (exact) mass is 293 g/mol. The molecule has 5 heteroatoms. The highest BCUT2D eigenvalue weighted by Gasteiger charge is 2.09. The second-order valence-corrected chi connectivity index (χ2v) is 5.72. The maximum Gasteiger partial charge on any atom is 0.148 e. The number of benzene rings is 2. The predicted molar refractivity (Wildman–Crippen MR) is 84.3 cm³/mol. The van der Waals surface area contributed by atoms with E-state index in [0.29, 0.717) is 0 Å². The minimum absolute atomic E-state index is 0.251. The second-order valence-electron chi connectivity index (χ2n) is 4.74. The van der Waals surface area contributed by atoms with E-state index >= 15 is 0 Å². The molecule has 0 spiro atoms. The fourth-order valence-corrected chi connectivity index (χ4v) is 3.09. The Morgan fingerprint density at radius 3 is 2.38 bits per heavy atom. The van der Waals surface area contributed by atoms with Crippen molar-refractivity contribution in [1.29, 1.82) is 0 Å². The highest BCUT2D eigenvalue weighted by molar-refractivity contribution is 7.17. The standard InChI is InChI=1S/C16H11N3OS/c20-13-4-1-10(2-5-13)15-18-19-16(21-15)12-3-6-14-11(9-12)7-8-17-14/h1-9,17,20H. The molecule has 2 N–H and O–H groups in total. The van der Waals surface area contributed by atoms with Crippen LogP contribution >= 0.6 is 11.3 Å². The van der Waals surface area contributed by atoms with E-state index in [9.17, 15) is 5.11 Å². The SMILES string of the molecule is Oc1ccc(-c2nnc(-c3ccc4[nH]ccc4c3)s2)cc1. The van der Waals surface area contributed by atoms with Crippen LogP contribution in [0.25, 0.3) is 32.0 Å². The number of hydrogen-bond donors (Lipinski definition) is 2. The van der Waals surface area contributed by atoms with Crippen molar-refractivity contribution < 1.29 is 5.11 Å². The summed E-state index contributed by atoms with van der Waals surface area (Å²) in [4.78, 5) is 3.18. The Labute approximate surface area is 124 Å². The summed E-state index contributed by atoms with van der Waals surface area (Å²) in [6, 6.07) is 15.2. The quantitative estimate of drug-likeness (QED) is 0.586. The van der Waals surface area contributed by atoms with Crippen LogP contribution in [0.15, 0.2) is 54.7 Å². The number of H-pyrrole nitrogens is 1. The van der Waals surface area contributed by atoms with E-state index in [1.807, 2.05) is 36.5 Å². The van der Waals surface area contributed by atoms with Crippen LogP contribution in [0, 0.1) is 0 Å². The van der Waals surface area contributed by atoms with Crippen molar-refractivity contribution in [3.8, 4) is 26.9 Å². The Hall–Kier alpha value is -2.66. The van der Waals surface area contributed by atoms with Gasteiger partial charge in [-0.3, -0.25) is 0 Å². The number of aromatic nitrogens is 3. The minimum Gasteiger partial charge on any atom is -0.508 e. The highest BCUT2D eigenvalue weighted by atomic mass is 32.1. The first-order valence-corrected chi connectivity index (χ1v) is 7.32. The Morgan fingerprint density at radius 2 is 1.57 bits per heavy atom. The molecule has 4 aromatic rings. The van der Waals surface area contributed by atoms with Crippen LogP contribution in [-0.4, -0.2) is 20.3 Å². The van der Waals surface area contributed by atoms with Gasteiger partial charge in [-0.05, 0) is 48.5 Å². The van der Waals surface area contributed by atoms with Crippen molar-refractivity contribution in [2.75, 3.05) is 0 Å². The molecule has 0 radical (unpaired) electrons. The molecule has 2 aromatic carbocycles. The number of aromatic amines is 1. The second kappa shape index (κ2) is 4.71. The molecule has 4 rings (SSSR count). The van der Waals surface area contributed by atoms with Crippen LogP contribution in [0.1, 0.15) is 0 Å². The molecule has 0 unspecified atom stereocenters. The summed E-state index contributed by atoms with van der Waals surface area (Å²) < 4.78 is 0. The van der Waals surface area contributed by atoms with Crippen LogP contribution in [0.3, 0.4) is 0 Å². The molecule has 0 saturated carbocycles. The van der Waals surface area contributed by atoms with Gasteiger partial charge in [0.15, 0.2) is 0 Å². The Kier molecular flexibility index (Phi) is 2.72. The van der Waals surface area contributed by atoms with Gasteiger partial charge in [0.1, 0.15) is 15.8 Å². The normalized spacial score (nSPS) is 11.0. The zero-order chi connectivity index (χ0) is 14.2. The zero-order valence-corrected chi connectivity index (χ0v) is 11.8. The minimum atomic E-state index is 0.251. The van der Waals surface area contributed by atoms with Gasteiger partial charge < -0.3 is 10.1 Å². The van der Waals surface area contributed by atoms with Crippen LogP contribution < -0.4 is 0 Å². The third kappa shape index (κ3) is 2.17. The van der Waals surface area contributed by atoms with Crippen LogP contribution in [-0.2, 0) is 0 Å². The maximum absolute atomic E-state index is 9.33. The highest BCUT2D eigenvalue weighted by Crippen LogP contribution is 2.31. The fraction of sp³-hybridized carbons (Fsp3) is 0. The molecular weight excluding hydrogens is 282 g/mol. The Balaban J connectivity index is 1.74. The van der Waals surface area contributed by atoms with E-state index in [4.69, 9.17) is 0 Å². The smallest absolute Gasteiger partial charge is 0.148 e. The van der Waals surface area contributed by atoms with E-state index in [1.54, 1.807) is 23.5 Å². The molecule has 2 aromatic heterocycles. The van der Waals surface area contributed by atoms with Gasteiger partial charge in [-0.25, -0.2) is 0 Å². The molecule has 0 fully saturated rings. The van der Waals surface area contributed by atoms with Gasteiger partial charge in [0.2, 0.25) is 0 Å². The summed E-state index contributed by atoms with van der Waals surface area (Å²) in [7, 11) is 0. The largest absolute Gasteiger partial charge is 0.508 e. The molecule has 0 saturated heterocycles. The number of rotatable bonds is 2. The van der Waals surface area contributed by atoms with Gasteiger partial charge in [-0.1, -0.05) is 11.3 Å². The average Bonchev–Trinajstić information content (AvgIpc) is 3.16. The lowest BCUT2D eigenvalue weighted by molar-refractivity contribution is 0.475. The number of phenols is 1.